The monoisotopic (exact) mass is 294 g/mol. The van der Waals surface area contributed by atoms with Crippen LogP contribution in [0.4, 0.5) is 0 Å². The number of aryl methyl sites for hydroxylation is 1. The summed E-state index contributed by atoms with van der Waals surface area (Å²) in [5.74, 6) is -0.983. The van der Waals surface area contributed by atoms with Crippen LogP contribution >= 0.6 is 11.8 Å². The summed E-state index contributed by atoms with van der Waals surface area (Å²) in [6, 6.07) is 7.92. The summed E-state index contributed by atoms with van der Waals surface area (Å²) in [5, 5.41) is 10.8. The molecule has 2 rings (SSSR count). The second kappa shape index (κ2) is 7.67. The first-order chi connectivity index (χ1) is 9.65. The van der Waals surface area contributed by atoms with Crippen molar-refractivity contribution < 1.29 is 14.6 Å². The molecular weight excluding hydrogens is 274 g/mol. The van der Waals surface area contributed by atoms with Crippen LogP contribution in [0.1, 0.15) is 12.0 Å². The van der Waals surface area contributed by atoms with Crippen LogP contribution in [-0.2, 0) is 9.53 Å². The molecule has 4 nitrogen and oxygen atoms in total. The summed E-state index contributed by atoms with van der Waals surface area (Å²) in [6.07, 6.45) is 0.598. The minimum absolute atomic E-state index is 0.499. The third-order valence-electron chi connectivity index (χ3n) is 3.37. The number of nitrogens with zero attached hydrogens (tertiary/aromatic N) is 1. The smallest absolute Gasteiger partial charge is 0.0594 e. The highest BCUT2D eigenvalue weighted by atomic mass is 32.2. The molecule has 1 fully saturated rings. The van der Waals surface area contributed by atoms with Gasteiger partial charge in [-0.05, 0) is 32.0 Å². The lowest BCUT2D eigenvalue weighted by molar-refractivity contribution is -0.304. The van der Waals surface area contributed by atoms with Gasteiger partial charge in [-0.1, -0.05) is 17.7 Å². The molecule has 0 bridgehead atoms. The summed E-state index contributed by atoms with van der Waals surface area (Å²) >= 11 is 1.37. The van der Waals surface area contributed by atoms with E-state index in [0.29, 0.717) is 6.42 Å². The number of morpholine rings is 1. The maximum absolute atomic E-state index is 11.3. The molecule has 1 aliphatic rings. The molecule has 1 atom stereocenters. The molecule has 0 saturated carbocycles. The average Bonchev–Trinajstić information content (AvgIpc) is 2.46. The van der Waals surface area contributed by atoms with Gasteiger partial charge in [0, 0.05) is 18.0 Å². The molecule has 1 aromatic carbocycles. The third kappa shape index (κ3) is 4.81. The Kier molecular flexibility index (Phi) is 5.88. The fourth-order valence-electron chi connectivity index (χ4n) is 2.13. The van der Waals surface area contributed by atoms with Gasteiger partial charge in [-0.25, -0.2) is 0 Å². The summed E-state index contributed by atoms with van der Waals surface area (Å²) in [4.78, 5) is 14.5. The van der Waals surface area contributed by atoms with Gasteiger partial charge in [0.1, 0.15) is 0 Å². The third-order valence-corrected chi connectivity index (χ3v) is 4.63. The van der Waals surface area contributed by atoms with Crippen molar-refractivity contribution in [3.05, 3.63) is 29.8 Å². The Bertz CT molecular complexity index is 429. The van der Waals surface area contributed by atoms with E-state index < -0.39 is 11.2 Å². The predicted molar refractivity (Wildman–Crippen MR) is 77.7 cm³/mol. The SMILES string of the molecule is Cc1ccc(SC(CCN2CCOCC2)C(=O)[O-])cc1. The molecule has 1 aliphatic heterocycles. The molecule has 0 radical (unpaired) electrons. The standard InChI is InChI=1S/C15H21NO3S/c1-12-2-4-13(5-3-12)20-14(15(17)18)6-7-16-8-10-19-11-9-16/h2-5,14H,6-11H2,1H3,(H,17,18)/p-1. The quantitative estimate of drug-likeness (QED) is 0.731. The maximum atomic E-state index is 11.3. The van der Waals surface area contributed by atoms with E-state index in [-0.39, 0.29) is 0 Å². The number of carbonyl (C=O) groups excluding carboxylic acids is 1. The summed E-state index contributed by atoms with van der Waals surface area (Å²) in [6.45, 7) is 6.04. The van der Waals surface area contributed by atoms with Crippen LogP contribution in [0.2, 0.25) is 0 Å². The lowest BCUT2D eigenvalue weighted by Crippen LogP contribution is -2.40. The first-order valence-electron chi connectivity index (χ1n) is 6.89. The molecule has 1 heterocycles. The fraction of sp³-hybridized carbons (Fsp3) is 0.533. The molecule has 1 aromatic rings. The Morgan fingerprint density at radius 1 is 1.35 bits per heavy atom. The van der Waals surface area contributed by atoms with Crippen LogP contribution in [-0.4, -0.2) is 49.0 Å². The summed E-state index contributed by atoms with van der Waals surface area (Å²) in [5.41, 5.74) is 1.17. The number of thioether (sulfide) groups is 1. The Hall–Kier alpha value is -1.04. The van der Waals surface area contributed by atoms with Crippen molar-refractivity contribution in [2.24, 2.45) is 0 Å². The van der Waals surface area contributed by atoms with Crippen molar-refractivity contribution in [2.45, 2.75) is 23.5 Å². The van der Waals surface area contributed by atoms with Crippen molar-refractivity contribution in [3.8, 4) is 0 Å². The number of rotatable bonds is 6. The molecule has 0 aliphatic carbocycles. The first-order valence-corrected chi connectivity index (χ1v) is 7.77. The Balaban J connectivity index is 1.86. The van der Waals surface area contributed by atoms with Crippen LogP contribution < -0.4 is 5.11 Å². The van der Waals surface area contributed by atoms with E-state index in [0.717, 1.165) is 37.7 Å². The van der Waals surface area contributed by atoms with Gasteiger partial charge >= 0.3 is 0 Å². The highest BCUT2D eigenvalue weighted by Gasteiger charge is 2.16. The number of aliphatic carboxylic acids is 1. The minimum Gasteiger partial charge on any atom is -0.549 e. The van der Waals surface area contributed by atoms with Crippen LogP contribution in [0.5, 0.6) is 0 Å². The van der Waals surface area contributed by atoms with Crippen molar-refractivity contribution in [3.63, 3.8) is 0 Å². The Morgan fingerprint density at radius 3 is 2.60 bits per heavy atom. The number of carboxylic acids is 1. The predicted octanol–water partition coefficient (Wildman–Crippen LogP) is 0.928. The molecule has 1 saturated heterocycles. The summed E-state index contributed by atoms with van der Waals surface area (Å²) < 4.78 is 5.29. The fourth-order valence-corrected chi connectivity index (χ4v) is 3.07. The zero-order chi connectivity index (χ0) is 14.4. The lowest BCUT2D eigenvalue weighted by atomic mass is 10.2. The largest absolute Gasteiger partial charge is 0.549 e. The Morgan fingerprint density at radius 2 is 2.00 bits per heavy atom. The van der Waals surface area contributed by atoms with Crippen LogP contribution in [0.15, 0.2) is 29.2 Å². The van der Waals surface area contributed by atoms with Gasteiger partial charge in [0.25, 0.3) is 0 Å². The average molecular weight is 294 g/mol. The zero-order valence-corrected chi connectivity index (χ0v) is 12.5. The van der Waals surface area contributed by atoms with Crippen molar-refractivity contribution in [1.29, 1.82) is 0 Å². The van der Waals surface area contributed by atoms with Crippen molar-refractivity contribution >= 4 is 17.7 Å². The van der Waals surface area contributed by atoms with E-state index in [1.165, 1.54) is 17.3 Å². The number of hydrogen-bond acceptors (Lipinski definition) is 5. The van der Waals surface area contributed by atoms with E-state index in [1.54, 1.807) is 0 Å². The molecule has 0 amide bonds. The van der Waals surface area contributed by atoms with E-state index in [2.05, 4.69) is 4.90 Å². The molecule has 5 heteroatoms. The topological polar surface area (TPSA) is 52.6 Å². The van der Waals surface area contributed by atoms with Gasteiger partial charge in [-0.3, -0.25) is 4.90 Å². The van der Waals surface area contributed by atoms with Gasteiger partial charge in [-0.2, -0.15) is 0 Å². The lowest BCUT2D eigenvalue weighted by Gasteiger charge is -2.28. The van der Waals surface area contributed by atoms with E-state index in [4.69, 9.17) is 4.74 Å². The summed E-state index contributed by atoms with van der Waals surface area (Å²) in [7, 11) is 0. The number of hydrogen-bond donors (Lipinski definition) is 0. The normalized spacial score (nSPS) is 17.9. The van der Waals surface area contributed by atoms with Gasteiger partial charge in [-0.15, -0.1) is 11.8 Å². The van der Waals surface area contributed by atoms with Crippen LogP contribution in [0.3, 0.4) is 0 Å². The van der Waals surface area contributed by atoms with Crippen LogP contribution in [0, 0.1) is 6.92 Å². The van der Waals surface area contributed by atoms with E-state index in [9.17, 15) is 9.90 Å². The molecule has 0 N–H and O–H groups in total. The Labute approximate surface area is 124 Å². The van der Waals surface area contributed by atoms with E-state index >= 15 is 0 Å². The number of carboxylic acid groups (broad SMARTS) is 1. The molecule has 1 unspecified atom stereocenters. The van der Waals surface area contributed by atoms with Gasteiger partial charge < -0.3 is 14.6 Å². The van der Waals surface area contributed by atoms with Gasteiger partial charge in [0.05, 0.1) is 24.4 Å². The van der Waals surface area contributed by atoms with Crippen molar-refractivity contribution in [2.75, 3.05) is 32.8 Å². The second-order valence-electron chi connectivity index (χ2n) is 4.98. The first kappa shape index (κ1) is 15.4. The molecular formula is C15H20NO3S-. The van der Waals surface area contributed by atoms with E-state index in [1.807, 2.05) is 31.2 Å². The van der Waals surface area contributed by atoms with Gasteiger partial charge in [0.2, 0.25) is 0 Å². The molecule has 0 spiro atoms. The maximum Gasteiger partial charge on any atom is 0.0594 e. The minimum atomic E-state index is -0.983. The number of ether oxygens (including phenoxy) is 1. The van der Waals surface area contributed by atoms with Crippen LogP contribution in [0.25, 0.3) is 0 Å². The number of benzene rings is 1. The number of carbonyl (C=O) groups is 1. The highest BCUT2D eigenvalue weighted by Crippen LogP contribution is 2.25. The second-order valence-corrected chi connectivity index (χ2v) is 6.26. The van der Waals surface area contributed by atoms with Gasteiger partial charge in [0.15, 0.2) is 0 Å². The molecule has 0 aromatic heterocycles. The van der Waals surface area contributed by atoms with Crippen molar-refractivity contribution in [1.82, 2.24) is 4.90 Å². The highest BCUT2D eigenvalue weighted by molar-refractivity contribution is 8.00. The zero-order valence-electron chi connectivity index (χ0n) is 11.7. The molecule has 20 heavy (non-hydrogen) atoms. The molecule has 110 valence electrons.